The van der Waals surface area contributed by atoms with E-state index in [2.05, 4.69) is 82.8 Å². The number of aromatic nitrogens is 1. The Hall–Kier alpha value is -3.07. The van der Waals surface area contributed by atoms with Crippen LogP contribution < -0.4 is 31.4 Å². The van der Waals surface area contributed by atoms with Crippen LogP contribution in [0, 0.1) is 6.92 Å². The van der Waals surface area contributed by atoms with Gasteiger partial charge < -0.3 is 20.6 Å². The fraction of sp³-hybridized carbons (Fsp3) is 0.414. The number of aliphatic hydroxyl groups excluding tert-OH is 1. The molecule has 1 saturated carbocycles. The van der Waals surface area contributed by atoms with Gasteiger partial charge in [0.25, 0.3) is 0 Å². The lowest BCUT2D eigenvalue weighted by Crippen LogP contribution is -2.46. The minimum atomic E-state index is -0.431. The van der Waals surface area contributed by atoms with Gasteiger partial charge in [-0.25, -0.2) is 10.4 Å². The standard InChI is InChI=1S/C29H37BN6O/c1-20-4-2-5-22(16-20)24-9-13-36(34-24)28-18-26(35-14-11-31-12-15-35)29-25(33-28)17-23(30-29)27(37)6-3-10-32-19-21-7-8-21/h2,4-5,9,13,16-19,24,27,30-32,34,37H,3,6-8,10-12,14-15H2,1H3. The fourth-order valence-corrected chi connectivity index (χ4v) is 5.44. The molecule has 1 aromatic heterocycles. The van der Waals surface area contributed by atoms with Crippen LogP contribution in [0.2, 0.25) is 0 Å². The molecule has 2 aromatic rings. The summed E-state index contributed by atoms with van der Waals surface area (Å²) in [6.07, 6.45) is 12.3. The summed E-state index contributed by atoms with van der Waals surface area (Å²) in [5.74, 6) is 0.892. The monoisotopic (exact) mass is 496 g/mol. The number of hydrogen-bond acceptors (Lipinski definition) is 7. The third kappa shape index (κ3) is 5.61. The van der Waals surface area contributed by atoms with Crippen molar-refractivity contribution in [2.24, 2.45) is 0 Å². The van der Waals surface area contributed by atoms with E-state index < -0.39 is 6.10 Å². The maximum absolute atomic E-state index is 11.0. The quantitative estimate of drug-likeness (QED) is 0.313. The number of hydrogen-bond donors (Lipinski definition) is 4. The van der Waals surface area contributed by atoms with E-state index in [4.69, 9.17) is 4.98 Å². The van der Waals surface area contributed by atoms with Gasteiger partial charge in [0.1, 0.15) is 5.82 Å². The summed E-state index contributed by atoms with van der Waals surface area (Å²) in [6, 6.07) is 11.0. The zero-order valence-electron chi connectivity index (χ0n) is 21.7. The maximum atomic E-state index is 11.0. The molecule has 2 atom stereocenters. The molecule has 4 aliphatic rings. The van der Waals surface area contributed by atoms with Crippen molar-refractivity contribution in [2.45, 2.75) is 44.8 Å². The van der Waals surface area contributed by atoms with Crippen molar-refractivity contribution in [1.29, 1.82) is 0 Å². The van der Waals surface area contributed by atoms with E-state index in [0.29, 0.717) is 0 Å². The van der Waals surface area contributed by atoms with Crippen molar-refractivity contribution in [2.75, 3.05) is 42.6 Å². The van der Waals surface area contributed by atoms with E-state index in [1.54, 1.807) is 0 Å². The second kappa shape index (κ2) is 10.7. The van der Waals surface area contributed by atoms with Crippen LogP contribution >= 0.6 is 0 Å². The average molecular weight is 496 g/mol. The number of benzene rings is 1. The highest BCUT2D eigenvalue weighted by molar-refractivity contribution is 6.67. The van der Waals surface area contributed by atoms with Crippen LogP contribution in [0.3, 0.4) is 0 Å². The minimum absolute atomic E-state index is 0.120. The molecule has 4 N–H and O–H groups in total. The highest BCUT2D eigenvalue weighted by atomic mass is 16.3. The Kier molecular flexibility index (Phi) is 7.05. The van der Waals surface area contributed by atoms with E-state index in [0.717, 1.165) is 69.8 Å². The third-order valence-corrected chi connectivity index (χ3v) is 7.71. The fourth-order valence-electron chi connectivity index (χ4n) is 5.44. The first-order valence-corrected chi connectivity index (χ1v) is 13.7. The molecule has 1 aliphatic carbocycles. The van der Waals surface area contributed by atoms with Gasteiger partial charge in [-0.3, -0.25) is 5.01 Å². The summed E-state index contributed by atoms with van der Waals surface area (Å²) in [4.78, 5) is 7.54. The highest BCUT2D eigenvalue weighted by Crippen LogP contribution is 2.30. The number of allylic oxidation sites excluding steroid dienone is 1. The van der Waals surface area contributed by atoms with E-state index in [9.17, 15) is 5.11 Å². The Morgan fingerprint density at radius 3 is 2.92 bits per heavy atom. The molecule has 7 nitrogen and oxygen atoms in total. The van der Waals surface area contributed by atoms with Gasteiger partial charge in [-0.2, -0.15) is 0 Å². The summed E-state index contributed by atoms with van der Waals surface area (Å²) in [5.41, 5.74) is 12.2. The van der Waals surface area contributed by atoms with Gasteiger partial charge in [-0.15, -0.1) is 0 Å². The predicted molar refractivity (Wildman–Crippen MR) is 153 cm³/mol. The van der Waals surface area contributed by atoms with Crippen LogP contribution in [0.5, 0.6) is 0 Å². The SMILES string of the molecule is Cc1cccc(C2C=CN(c3cc(N4CCNCC4)c4c(n3)C=C(C(O)CCCNC=C3CC3)B4)N2)c1. The molecule has 2 unspecified atom stereocenters. The Balaban J connectivity index is 1.20. The largest absolute Gasteiger partial charge is 0.391 e. The molecular weight excluding hydrogens is 459 g/mol. The summed E-state index contributed by atoms with van der Waals surface area (Å²) < 4.78 is 0. The molecule has 1 saturated heterocycles. The Morgan fingerprint density at radius 1 is 1.24 bits per heavy atom. The Bertz CT molecular complexity index is 1230. The molecule has 2 fully saturated rings. The summed E-state index contributed by atoms with van der Waals surface area (Å²) >= 11 is 0. The molecule has 6 rings (SSSR count). The van der Waals surface area contributed by atoms with Crippen molar-refractivity contribution in [3.8, 4) is 0 Å². The number of anilines is 2. The lowest BCUT2D eigenvalue weighted by molar-refractivity contribution is 0.206. The van der Waals surface area contributed by atoms with Gasteiger partial charge in [0.15, 0.2) is 7.28 Å². The zero-order valence-corrected chi connectivity index (χ0v) is 21.7. The van der Waals surface area contributed by atoms with E-state index in [1.807, 2.05) is 5.01 Å². The molecule has 0 bridgehead atoms. The second-order valence-corrected chi connectivity index (χ2v) is 10.6. The molecule has 8 heteroatoms. The molecule has 192 valence electrons. The molecule has 0 amide bonds. The topological polar surface area (TPSA) is 75.7 Å². The van der Waals surface area contributed by atoms with Crippen molar-refractivity contribution < 1.29 is 5.11 Å². The second-order valence-electron chi connectivity index (χ2n) is 10.6. The van der Waals surface area contributed by atoms with Gasteiger partial charge in [0, 0.05) is 50.7 Å². The predicted octanol–water partition coefficient (Wildman–Crippen LogP) is 2.20. The van der Waals surface area contributed by atoms with Crippen LogP contribution in [0.15, 0.2) is 59.9 Å². The third-order valence-electron chi connectivity index (χ3n) is 7.71. The summed E-state index contributed by atoms with van der Waals surface area (Å²) in [5, 5.41) is 19.9. The number of nitrogens with one attached hydrogen (secondary N) is 3. The van der Waals surface area contributed by atoms with Crippen LogP contribution in [-0.2, 0) is 0 Å². The van der Waals surface area contributed by atoms with Crippen molar-refractivity contribution in [1.82, 2.24) is 21.0 Å². The van der Waals surface area contributed by atoms with Gasteiger partial charge in [0.05, 0.1) is 17.8 Å². The Labute approximate surface area is 220 Å². The first kappa shape index (κ1) is 24.3. The number of rotatable bonds is 9. The molecule has 3 aliphatic heterocycles. The first-order valence-electron chi connectivity index (χ1n) is 13.7. The number of piperazine rings is 1. The van der Waals surface area contributed by atoms with Crippen LogP contribution in [0.25, 0.3) is 6.08 Å². The van der Waals surface area contributed by atoms with Gasteiger partial charge >= 0.3 is 0 Å². The lowest BCUT2D eigenvalue weighted by Gasteiger charge is -2.32. The van der Waals surface area contributed by atoms with Crippen LogP contribution in [0.1, 0.15) is 48.5 Å². The van der Waals surface area contributed by atoms with Gasteiger partial charge in [0.2, 0.25) is 0 Å². The lowest BCUT2D eigenvalue weighted by atomic mass is 9.64. The van der Waals surface area contributed by atoms with E-state index >= 15 is 0 Å². The smallest absolute Gasteiger partial charge is 0.196 e. The molecule has 4 heterocycles. The van der Waals surface area contributed by atoms with E-state index in [1.165, 1.54) is 40.7 Å². The van der Waals surface area contributed by atoms with Crippen LogP contribution in [0.4, 0.5) is 11.5 Å². The van der Waals surface area contributed by atoms with Crippen molar-refractivity contribution in [3.63, 3.8) is 0 Å². The van der Waals surface area contributed by atoms with Gasteiger partial charge in [-0.05, 0) is 62.0 Å². The first-order chi connectivity index (χ1) is 18.1. The molecule has 1 aromatic carbocycles. The van der Waals surface area contributed by atoms with Crippen LogP contribution in [-0.4, -0.2) is 56.2 Å². The number of fused-ring (bicyclic) bond motifs is 1. The number of nitrogens with zero attached hydrogens (tertiary/aromatic N) is 3. The van der Waals surface area contributed by atoms with E-state index in [-0.39, 0.29) is 6.04 Å². The highest BCUT2D eigenvalue weighted by Gasteiger charge is 2.29. The Morgan fingerprint density at radius 2 is 2.11 bits per heavy atom. The minimum Gasteiger partial charge on any atom is -0.391 e. The normalized spacial score (nSPS) is 21.0. The molecule has 37 heavy (non-hydrogen) atoms. The summed E-state index contributed by atoms with van der Waals surface area (Å²) in [7, 11) is 0.774. The van der Waals surface area contributed by atoms with Crippen molar-refractivity contribution >= 4 is 30.3 Å². The molecule has 0 spiro atoms. The zero-order chi connectivity index (χ0) is 25.2. The number of aliphatic hydroxyl groups is 1. The molecular formula is C29H37BN6O. The maximum Gasteiger partial charge on any atom is 0.196 e. The number of pyridine rings is 1. The summed E-state index contributed by atoms with van der Waals surface area (Å²) in [6.45, 7) is 6.95. The average Bonchev–Trinajstić information content (AvgIpc) is 3.43. The number of aryl methyl sites for hydroxylation is 1. The molecule has 0 radical (unpaired) electrons. The van der Waals surface area contributed by atoms with Gasteiger partial charge in [-0.1, -0.05) is 40.9 Å². The number of hydrazine groups is 1. The van der Waals surface area contributed by atoms with Crippen molar-refractivity contribution in [3.05, 3.63) is 76.7 Å².